The summed E-state index contributed by atoms with van der Waals surface area (Å²) in [7, 11) is -1.52. The number of nitrogens with zero attached hydrogens (tertiary/aromatic N) is 1. The molecule has 0 radical (unpaired) electrons. The van der Waals surface area contributed by atoms with E-state index in [1.54, 1.807) is 6.92 Å². The van der Waals surface area contributed by atoms with E-state index < -0.39 is 10.1 Å². The van der Waals surface area contributed by atoms with E-state index in [9.17, 15) is 8.42 Å². The predicted molar refractivity (Wildman–Crippen MR) is 65.1 cm³/mol. The standard InChI is InChI=1S/C11H17NO3S/c1-3-15-16(13,14)10-9-12(2)11-7-5-4-6-8-11/h4-8H,3,9-10H2,1-2H3. The molecule has 0 unspecified atom stereocenters. The molecule has 1 rings (SSSR count). The lowest BCUT2D eigenvalue weighted by molar-refractivity contribution is 0.338. The van der Waals surface area contributed by atoms with Crippen molar-refractivity contribution in [3.8, 4) is 0 Å². The Bertz CT molecular complexity index is 402. The van der Waals surface area contributed by atoms with E-state index in [1.807, 2.05) is 42.3 Å². The first-order chi connectivity index (χ1) is 7.55. The van der Waals surface area contributed by atoms with Gasteiger partial charge in [0.25, 0.3) is 10.1 Å². The van der Waals surface area contributed by atoms with Gasteiger partial charge in [-0.2, -0.15) is 8.42 Å². The Labute approximate surface area is 97.0 Å². The number of para-hydroxylation sites is 1. The van der Waals surface area contributed by atoms with Crippen molar-refractivity contribution in [3.63, 3.8) is 0 Å². The lowest BCUT2D eigenvalue weighted by Gasteiger charge is -2.18. The Hall–Kier alpha value is -1.07. The minimum Gasteiger partial charge on any atom is -0.373 e. The minimum absolute atomic E-state index is 0.00618. The highest BCUT2D eigenvalue weighted by atomic mass is 32.2. The van der Waals surface area contributed by atoms with Crippen molar-refractivity contribution in [2.24, 2.45) is 0 Å². The maximum Gasteiger partial charge on any atom is 0.269 e. The second-order valence-corrected chi connectivity index (χ2v) is 5.18. The second kappa shape index (κ2) is 5.86. The maximum atomic E-state index is 11.3. The summed E-state index contributed by atoms with van der Waals surface area (Å²) in [6, 6.07) is 9.64. The zero-order chi connectivity index (χ0) is 12.0. The molecule has 0 aliphatic carbocycles. The highest BCUT2D eigenvalue weighted by Gasteiger charge is 2.11. The molecule has 0 aromatic heterocycles. The van der Waals surface area contributed by atoms with Gasteiger partial charge in [0.1, 0.15) is 0 Å². The van der Waals surface area contributed by atoms with Crippen LogP contribution in [-0.2, 0) is 14.3 Å². The van der Waals surface area contributed by atoms with Gasteiger partial charge in [-0.05, 0) is 19.1 Å². The van der Waals surface area contributed by atoms with Crippen molar-refractivity contribution in [2.45, 2.75) is 6.92 Å². The minimum atomic E-state index is -3.38. The molecular weight excluding hydrogens is 226 g/mol. The van der Waals surface area contributed by atoms with Crippen LogP contribution in [0.2, 0.25) is 0 Å². The van der Waals surface area contributed by atoms with E-state index >= 15 is 0 Å². The van der Waals surface area contributed by atoms with Gasteiger partial charge in [-0.1, -0.05) is 18.2 Å². The molecule has 0 atom stereocenters. The van der Waals surface area contributed by atoms with Gasteiger partial charge in [0.15, 0.2) is 0 Å². The van der Waals surface area contributed by atoms with E-state index in [4.69, 9.17) is 0 Å². The second-order valence-electron chi connectivity index (χ2n) is 3.43. The highest BCUT2D eigenvalue weighted by molar-refractivity contribution is 7.86. The molecule has 0 spiro atoms. The van der Waals surface area contributed by atoms with Crippen LogP contribution in [0.4, 0.5) is 5.69 Å². The van der Waals surface area contributed by atoms with Crippen LogP contribution in [0.25, 0.3) is 0 Å². The van der Waals surface area contributed by atoms with E-state index in [0.717, 1.165) is 5.69 Å². The number of hydrogen-bond donors (Lipinski definition) is 0. The maximum absolute atomic E-state index is 11.3. The summed E-state index contributed by atoms with van der Waals surface area (Å²) in [4.78, 5) is 1.89. The Morgan fingerprint density at radius 2 is 1.88 bits per heavy atom. The molecule has 4 nitrogen and oxygen atoms in total. The van der Waals surface area contributed by atoms with Gasteiger partial charge in [0.2, 0.25) is 0 Å². The van der Waals surface area contributed by atoms with E-state index in [2.05, 4.69) is 4.18 Å². The smallest absolute Gasteiger partial charge is 0.269 e. The van der Waals surface area contributed by atoms with E-state index in [-0.39, 0.29) is 12.4 Å². The number of anilines is 1. The monoisotopic (exact) mass is 243 g/mol. The van der Waals surface area contributed by atoms with Gasteiger partial charge in [-0.15, -0.1) is 0 Å². The fourth-order valence-corrected chi connectivity index (χ4v) is 2.27. The van der Waals surface area contributed by atoms with Crippen LogP contribution in [-0.4, -0.2) is 34.4 Å². The first-order valence-corrected chi connectivity index (χ1v) is 6.76. The molecule has 5 heteroatoms. The molecule has 0 saturated heterocycles. The van der Waals surface area contributed by atoms with Crippen molar-refractivity contribution >= 4 is 15.8 Å². The molecule has 0 bridgehead atoms. The molecule has 0 fully saturated rings. The van der Waals surface area contributed by atoms with Crippen molar-refractivity contribution in [1.29, 1.82) is 0 Å². The molecule has 1 aromatic rings. The Morgan fingerprint density at radius 1 is 1.25 bits per heavy atom. The summed E-state index contributed by atoms with van der Waals surface area (Å²) in [5, 5.41) is 0. The third kappa shape index (κ3) is 4.20. The predicted octanol–water partition coefficient (Wildman–Crippen LogP) is 1.49. The van der Waals surface area contributed by atoms with Crippen LogP contribution < -0.4 is 4.90 Å². The summed E-state index contributed by atoms with van der Waals surface area (Å²) in [6.45, 7) is 2.28. The Morgan fingerprint density at radius 3 is 2.44 bits per heavy atom. The zero-order valence-electron chi connectivity index (χ0n) is 9.59. The molecule has 1 aromatic carbocycles. The van der Waals surface area contributed by atoms with Crippen molar-refractivity contribution < 1.29 is 12.6 Å². The normalized spacial score (nSPS) is 11.4. The molecule has 90 valence electrons. The summed E-state index contributed by atoms with van der Waals surface area (Å²) in [5.74, 6) is 0.00618. The van der Waals surface area contributed by atoms with Crippen molar-refractivity contribution in [2.75, 3.05) is 30.9 Å². The Kier molecular flexibility index (Phi) is 4.76. The lowest BCUT2D eigenvalue weighted by Crippen LogP contribution is -2.26. The lowest BCUT2D eigenvalue weighted by atomic mass is 10.3. The summed E-state index contributed by atoms with van der Waals surface area (Å²) >= 11 is 0. The van der Waals surface area contributed by atoms with Crippen molar-refractivity contribution in [1.82, 2.24) is 0 Å². The quantitative estimate of drug-likeness (QED) is 0.710. The van der Waals surface area contributed by atoms with Crippen molar-refractivity contribution in [3.05, 3.63) is 30.3 Å². The van der Waals surface area contributed by atoms with E-state index in [0.29, 0.717) is 6.54 Å². The molecular formula is C11H17NO3S. The number of benzene rings is 1. The molecule has 0 N–H and O–H groups in total. The molecule has 16 heavy (non-hydrogen) atoms. The summed E-state index contributed by atoms with van der Waals surface area (Å²) in [6.07, 6.45) is 0. The SMILES string of the molecule is CCOS(=O)(=O)CCN(C)c1ccccc1. The molecule has 0 saturated carbocycles. The number of hydrogen-bond acceptors (Lipinski definition) is 4. The van der Waals surface area contributed by atoms with Gasteiger partial charge in [0.05, 0.1) is 12.4 Å². The summed E-state index contributed by atoms with van der Waals surface area (Å²) in [5.41, 5.74) is 0.995. The van der Waals surface area contributed by atoms with Gasteiger partial charge in [-0.3, -0.25) is 4.18 Å². The van der Waals surface area contributed by atoms with Gasteiger partial charge >= 0.3 is 0 Å². The fourth-order valence-electron chi connectivity index (χ4n) is 1.30. The fraction of sp³-hybridized carbons (Fsp3) is 0.455. The third-order valence-corrected chi connectivity index (χ3v) is 3.45. The van der Waals surface area contributed by atoms with Crippen LogP contribution >= 0.6 is 0 Å². The van der Waals surface area contributed by atoms with Gasteiger partial charge < -0.3 is 4.90 Å². The zero-order valence-corrected chi connectivity index (χ0v) is 10.4. The average molecular weight is 243 g/mol. The average Bonchev–Trinajstić information content (AvgIpc) is 2.27. The van der Waals surface area contributed by atoms with Crippen LogP contribution in [0.15, 0.2) is 30.3 Å². The Balaban J connectivity index is 2.51. The summed E-state index contributed by atoms with van der Waals surface area (Å²) < 4.78 is 27.3. The molecule has 0 aliphatic heterocycles. The van der Waals surface area contributed by atoms with Crippen LogP contribution in [0.5, 0.6) is 0 Å². The number of rotatable bonds is 6. The van der Waals surface area contributed by atoms with Gasteiger partial charge in [0, 0.05) is 19.3 Å². The third-order valence-electron chi connectivity index (χ3n) is 2.17. The first-order valence-electron chi connectivity index (χ1n) is 5.18. The van der Waals surface area contributed by atoms with E-state index in [1.165, 1.54) is 0 Å². The van der Waals surface area contributed by atoms with Crippen LogP contribution in [0, 0.1) is 0 Å². The molecule has 0 amide bonds. The van der Waals surface area contributed by atoms with Crippen LogP contribution in [0.1, 0.15) is 6.92 Å². The topological polar surface area (TPSA) is 46.6 Å². The molecule has 0 aliphatic rings. The van der Waals surface area contributed by atoms with Crippen LogP contribution in [0.3, 0.4) is 0 Å². The van der Waals surface area contributed by atoms with Gasteiger partial charge in [-0.25, -0.2) is 0 Å². The first kappa shape index (κ1) is 13.0. The highest BCUT2D eigenvalue weighted by Crippen LogP contribution is 2.10. The molecule has 0 heterocycles. The largest absolute Gasteiger partial charge is 0.373 e.